The second-order valence-electron chi connectivity index (χ2n) is 5.71. The van der Waals surface area contributed by atoms with Crippen LogP contribution < -0.4 is 4.90 Å². The minimum Gasteiger partial charge on any atom is -0.481 e. The van der Waals surface area contributed by atoms with E-state index in [9.17, 15) is 9.90 Å². The number of carboxylic acids is 1. The quantitative estimate of drug-likeness (QED) is 0.872. The molecule has 0 amide bonds. The van der Waals surface area contributed by atoms with Gasteiger partial charge in [0.05, 0.1) is 5.41 Å². The van der Waals surface area contributed by atoms with E-state index in [2.05, 4.69) is 0 Å². The number of hydrogen-bond donors (Lipinski definition) is 1. The summed E-state index contributed by atoms with van der Waals surface area (Å²) in [6.07, 6.45) is 0.719. The average molecular weight is 233 g/mol. The third kappa shape index (κ3) is 1.61. The first-order valence-corrected chi connectivity index (χ1v) is 5.82. The molecule has 1 fully saturated rings. The van der Waals surface area contributed by atoms with Crippen molar-refractivity contribution in [1.82, 2.24) is 0 Å². The number of benzene rings is 1. The SMILES string of the molecule is CN(C)c1ccc(C2(C(=O)O)CC2(C)C)cc1. The molecule has 0 saturated heterocycles. The Morgan fingerprint density at radius 3 is 2.00 bits per heavy atom. The zero-order chi connectivity index (χ0) is 12.8. The van der Waals surface area contributed by atoms with Crippen LogP contribution in [-0.2, 0) is 10.2 Å². The van der Waals surface area contributed by atoms with Gasteiger partial charge >= 0.3 is 5.97 Å². The van der Waals surface area contributed by atoms with Crippen LogP contribution >= 0.6 is 0 Å². The first-order chi connectivity index (χ1) is 7.81. The number of rotatable bonds is 3. The van der Waals surface area contributed by atoms with Crippen molar-refractivity contribution in [1.29, 1.82) is 0 Å². The molecule has 92 valence electrons. The van der Waals surface area contributed by atoms with Crippen molar-refractivity contribution in [3.05, 3.63) is 29.8 Å². The molecule has 3 nitrogen and oxygen atoms in total. The van der Waals surface area contributed by atoms with Crippen molar-refractivity contribution in [3.8, 4) is 0 Å². The second kappa shape index (κ2) is 3.49. The van der Waals surface area contributed by atoms with Gasteiger partial charge in [-0.3, -0.25) is 4.79 Å². The van der Waals surface area contributed by atoms with Crippen molar-refractivity contribution in [2.24, 2.45) is 5.41 Å². The maximum Gasteiger partial charge on any atom is 0.314 e. The van der Waals surface area contributed by atoms with Crippen LogP contribution in [0.5, 0.6) is 0 Å². The van der Waals surface area contributed by atoms with Crippen LogP contribution in [0.4, 0.5) is 5.69 Å². The van der Waals surface area contributed by atoms with Gasteiger partial charge in [-0.2, -0.15) is 0 Å². The Morgan fingerprint density at radius 2 is 1.71 bits per heavy atom. The molecule has 1 aromatic rings. The summed E-state index contributed by atoms with van der Waals surface area (Å²) < 4.78 is 0. The Hall–Kier alpha value is -1.51. The molecule has 1 atom stereocenters. The highest BCUT2D eigenvalue weighted by atomic mass is 16.4. The Labute approximate surface area is 102 Å². The maximum absolute atomic E-state index is 11.5. The van der Waals surface area contributed by atoms with Gasteiger partial charge in [0.1, 0.15) is 0 Å². The molecule has 0 heterocycles. The molecule has 1 aromatic carbocycles. The van der Waals surface area contributed by atoms with Crippen molar-refractivity contribution in [2.75, 3.05) is 19.0 Å². The highest BCUT2D eigenvalue weighted by Gasteiger charge is 2.67. The van der Waals surface area contributed by atoms with Gasteiger partial charge in [0.2, 0.25) is 0 Å². The zero-order valence-electron chi connectivity index (χ0n) is 10.8. The van der Waals surface area contributed by atoms with Gasteiger partial charge in [-0.05, 0) is 29.5 Å². The van der Waals surface area contributed by atoms with Crippen LogP contribution in [0.1, 0.15) is 25.8 Å². The van der Waals surface area contributed by atoms with Crippen molar-refractivity contribution >= 4 is 11.7 Å². The molecular formula is C14H19NO2. The third-order valence-electron chi connectivity index (χ3n) is 3.98. The number of carbonyl (C=O) groups is 1. The lowest BCUT2D eigenvalue weighted by molar-refractivity contribution is -0.141. The van der Waals surface area contributed by atoms with E-state index in [1.165, 1.54) is 0 Å². The van der Waals surface area contributed by atoms with Crippen molar-refractivity contribution in [2.45, 2.75) is 25.7 Å². The van der Waals surface area contributed by atoms with E-state index in [0.29, 0.717) is 0 Å². The van der Waals surface area contributed by atoms with Crippen molar-refractivity contribution in [3.63, 3.8) is 0 Å². The molecule has 1 unspecified atom stereocenters. The average Bonchev–Trinajstić information content (AvgIpc) is 2.83. The monoisotopic (exact) mass is 233 g/mol. The van der Waals surface area contributed by atoms with Crippen molar-refractivity contribution < 1.29 is 9.90 Å². The molecular weight excluding hydrogens is 214 g/mol. The number of nitrogens with zero attached hydrogens (tertiary/aromatic N) is 1. The second-order valence-corrected chi connectivity index (χ2v) is 5.71. The Bertz CT molecular complexity index is 448. The summed E-state index contributed by atoms with van der Waals surface area (Å²) in [5.41, 5.74) is 1.18. The summed E-state index contributed by atoms with van der Waals surface area (Å²) in [4.78, 5) is 13.5. The number of carboxylic acid groups (broad SMARTS) is 1. The smallest absolute Gasteiger partial charge is 0.314 e. The van der Waals surface area contributed by atoms with Crippen LogP contribution in [0.15, 0.2) is 24.3 Å². The lowest BCUT2D eigenvalue weighted by atomic mass is 9.88. The van der Waals surface area contributed by atoms with E-state index in [4.69, 9.17) is 0 Å². The predicted molar refractivity (Wildman–Crippen MR) is 68.5 cm³/mol. The normalized spacial score (nSPS) is 25.4. The zero-order valence-corrected chi connectivity index (χ0v) is 10.8. The Kier molecular flexibility index (Phi) is 2.45. The van der Waals surface area contributed by atoms with Gasteiger partial charge in [-0.15, -0.1) is 0 Å². The number of anilines is 1. The summed E-state index contributed by atoms with van der Waals surface area (Å²) in [7, 11) is 3.95. The van der Waals surface area contributed by atoms with Gasteiger partial charge in [0.25, 0.3) is 0 Å². The molecule has 0 radical (unpaired) electrons. The molecule has 1 N–H and O–H groups in total. The van der Waals surface area contributed by atoms with Crippen LogP contribution in [-0.4, -0.2) is 25.2 Å². The van der Waals surface area contributed by atoms with Gasteiger partial charge in [0, 0.05) is 19.8 Å². The largest absolute Gasteiger partial charge is 0.481 e. The predicted octanol–water partition coefficient (Wildman–Crippen LogP) is 2.50. The maximum atomic E-state index is 11.5. The van der Waals surface area contributed by atoms with Gasteiger partial charge < -0.3 is 10.0 Å². The highest BCUT2D eigenvalue weighted by Crippen LogP contribution is 2.64. The van der Waals surface area contributed by atoms with Crippen LogP contribution in [0.25, 0.3) is 0 Å². The molecule has 1 aliphatic carbocycles. The number of hydrogen-bond acceptors (Lipinski definition) is 2. The molecule has 0 spiro atoms. The lowest BCUT2D eigenvalue weighted by Crippen LogP contribution is -2.25. The van der Waals surface area contributed by atoms with E-state index >= 15 is 0 Å². The van der Waals surface area contributed by atoms with E-state index in [0.717, 1.165) is 17.7 Å². The van der Waals surface area contributed by atoms with E-state index in [1.54, 1.807) is 0 Å². The molecule has 0 aliphatic heterocycles. The molecule has 2 rings (SSSR count). The molecule has 1 saturated carbocycles. The number of aliphatic carboxylic acids is 1. The summed E-state index contributed by atoms with van der Waals surface area (Å²) in [5.74, 6) is -0.708. The fourth-order valence-corrected chi connectivity index (χ4v) is 2.64. The summed E-state index contributed by atoms with van der Waals surface area (Å²) >= 11 is 0. The Morgan fingerprint density at radius 1 is 1.24 bits per heavy atom. The molecule has 3 heteroatoms. The summed E-state index contributed by atoms with van der Waals surface area (Å²) in [5, 5.41) is 9.46. The fraction of sp³-hybridized carbons (Fsp3) is 0.500. The van der Waals surface area contributed by atoms with Gasteiger partial charge in [-0.25, -0.2) is 0 Å². The van der Waals surface area contributed by atoms with E-state index < -0.39 is 11.4 Å². The topological polar surface area (TPSA) is 40.5 Å². The van der Waals surface area contributed by atoms with Crippen LogP contribution in [0.2, 0.25) is 0 Å². The first kappa shape index (κ1) is 12.0. The van der Waals surface area contributed by atoms with E-state index in [1.807, 2.05) is 57.1 Å². The molecule has 1 aliphatic rings. The summed E-state index contributed by atoms with van der Waals surface area (Å²) in [6.45, 7) is 4.03. The fourth-order valence-electron chi connectivity index (χ4n) is 2.64. The highest BCUT2D eigenvalue weighted by molar-refractivity contribution is 5.87. The van der Waals surface area contributed by atoms with Gasteiger partial charge in [-0.1, -0.05) is 26.0 Å². The standard InChI is InChI=1S/C14H19NO2/c1-13(2)9-14(13,12(16)17)10-5-7-11(8-6-10)15(3)4/h5-8H,9H2,1-4H3,(H,16,17). The minimum absolute atomic E-state index is 0.140. The third-order valence-corrected chi connectivity index (χ3v) is 3.98. The Balaban J connectivity index is 2.38. The van der Waals surface area contributed by atoms with Gasteiger partial charge in [0.15, 0.2) is 0 Å². The molecule has 17 heavy (non-hydrogen) atoms. The summed E-state index contributed by atoms with van der Waals surface area (Å²) in [6, 6.07) is 7.85. The first-order valence-electron chi connectivity index (χ1n) is 5.82. The lowest BCUT2D eigenvalue weighted by Gasteiger charge is -2.18. The molecule has 0 bridgehead atoms. The molecule has 0 aromatic heterocycles. The minimum atomic E-state index is -0.708. The van der Waals surface area contributed by atoms with E-state index in [-0.39, 0.29) is 5.41 Å². The van der Waals surface area contributed by atoms with Crippen LogP contribution in [0, 0.1) is 5.41 Å². The van der Waals surface area contributed by atoms with Crippen LogP contribution in [0.3, 0.4) is 0 Å².